The predicted molar refractivity (Wildman–Crippen MR) is 66.1 cm³/mol. The third kappa shape index (κ3) is 1.32. The lowest BCUT2D eigenvalue weighted by atomic mass is 9.82. The van der Waals surface area contributed by atoms with Crippen molar-refractivity contribution in [1.29, 1.82) is 0 Å². The maximum atomic E-state index is 4.77. The van der Waals surface area contributed by atoms with E-state index in [1.54, 1.807) is 11.3 Å². The van der Waals surface area contributed by atoms with Gasteiger partial charge in [0.1, 0.15) is 5.01 Å². The molecule has 2 atom stereocenters. The van der Waals surface area contributed by atoms with Gasteiger partial charge >= 0.3 is 0 Å². The quantitative estimate of drug-likeness (QED) is 0.760. The van der Waals surface area contributed by atoms with Crippen molar-refractivity contribution in [2.75, 3.05) is 0 Å². The Labute approximate surface area is 99.5 Å². The minimum absolute atomic E-state index is 0.586. The molecule has 0 saturated carbocycles. The van der Waals surface area contributed by atoms with Gasteiger partial charge in [-0.25, -0.2) is 9.50 Å². The van der Waals surface area contributed by atoms with Crippen LogP contribution in [0.2, 0.25) is 0 Å². The lowest BCUT2D eigenvalue weighted by Crippen LogP contribution is -2.17. The molecule has 3 nitrogen and oxygen atoms in total. The normalized spacial score (nSPS) is 24.9. The van der Waals surface area contributed by atoms with E-state index in [0.29, 0.717) is 5.92 Å². The highest BCUT2D eigenvalue weighted by Gasteiger charge is 2.28. The van der Waals surface area contributed by atoms with Gasteiger partial charge in [-0.1, -0.05) is 32.1 Å². The molecule has 1 aliphatic carbocycles. The van der Waals surface area contributed by atoms with Gasteiger partial charge in [0, 0.05) is 5.92 Å². The SMILES string of the molecule is CCc1nn2c3c(nc2s1)C(C)C(C)CC3. The third-order valence-corrected chi connectivity index (χ3v) is 4.85. The number of rotatable bonds is 1. The molecule has 0 spiro atoms. The molecule has 86 valence electrons. The Balaban J connectivity index is 2.17. The van der Waals surface area contributed by atoms with Crippen LogP contribution in [-0.2, 0) is 12.8 Å². The molecule has 16 heavy (non-hydrogen) atoms. The van der Waals surface area contributed by atoms with E-state index in [0.717, 1.165) is 23.7 Å². The number of hydrogen-bond acceptors (Lipinski definition) is 3. The maximum absolute atomic E-state index is 4.77. The van der Waals surface area contributed by atoms with Crippen LogP contribution in [0.1, 0.15) is 49.5 Å². The summed E-state index contributed by atoms with van der Waals surface area (Å²) in [6.07, 6.45) is 3.41. The summed E-state index contributed by atoms with van der Waals surface area (Å²) in [6, 6.07) is 0. The third-order valence-electron chi connectivity index (χ3n) is 3.79. The van der Waals surface area contributed by atoms with Crippen LogP contribution < -0.4 is 0 Å². The largest absolute Gasteiger partial charge is 0.222 e. The molecule has 3 rings (SSSR count). The Morgan fingerprint density at radius 2 is 2.25 bits per heavy atom. The summed E-state index contributed by atoms with van der Waals surface area (Å²) in [5.41, 5.74) is 2.65. The number of aromatic nitrogens is 3. The van der Waals surface area contributed by atoms with Crippen LogP contribution >= 0.6 is 11.3 Å². The first-order chi connectivity index (χ1) is 7.70. The van der Waals surface area contributed by atoms with Crippen molar-refractivity contribution < 1.29 is 0 Å². The molecular formula is C12H17N3S. The Kier molecular flexibility index (Phi) is 2.28. The predicted octanol–water partition coefficient (Wildman–Crippen LogP) is 3.04. The first-order valence-corrected chi connectivity index (χ1v) is 6.89. The zero-order valence-corrected chi connectivity index (χ0v) is 10.8. The van der Waals surface area contributed by atoms with Gasteiger partial charge in [0.15, 0.2) is 0 Å². The summed E-state index contributed by atoms with van der Waals surface area (Å²) in [7, 11) is 0. The van der Waals surface area contributed by atoms with E-state index in [-0.39, 0.29) is 0 Å². The zero-order valence-electron chi connectivity index (χ0n) is 10.0. The number of imidazole rings is 1. The number of hydrogen-bond donors (Lipinski definition) is 0. The molecule has 2 aromatic rings. The highest BCUT2D eigenvalue weighted by atomic mass is 32.1. The van der Waals surface area contributed by atoms with Gasteiger partial charge in [0.2, 0.25) is 4.96 Å². The van der Waals surface area contributed by atoms with Crippen LogP contribution in [0.15, 0.2) is 0 Å². The average Bonchev–Trinajstić information content (AvgIpc) is 2.80. The standard InChI is InChI=1S/C12H17N3S/c1-4-10-14-15-9-6-5-7(2)8(3)11(9)13-12(15)16-10/h7-8H,4-6H2,1-3H3. The molecule has 2 aromatic heterocycles. The minimum atomic E-state index is 0.586. The number of fused-ring (bicyclic) bond motifs is 3. The van der Waals surface area contributed by atoms with Crippen LogP contribution in [0.5, 0.6) is 0 Å². The van der Waals surface area contributed by atoms with Crippen LogP contribution in [0.4, 0.5) is 0 Å². The van der Waals surface area contributed by atoms with Gasteiger partial charge in [-0.2, -0.15) is 5.10 Å². The summed E-state index contributed by atoms with van der Waals surface area (Å²) in [4.78, 5) is 5.86. The smallest absolute Gasteiger partial charge is 0.212 e. The van der Waals surface area contributed by atoms with E-state index < -0.39 is 0 Å². The van der Waals surface area contributed by atoms with Crippen molar-refractivity contribution in [3.05, 3.63) is 16.4 Å². The first-order valence-electron chi connectivity index (χ1n) is 6.08. The molecule has 0 radical (unpaired) electrons. The molecule has 0 bridgehead atoms. The van der Waals surface area contributed by atoms with Gasteiger partial charge in [-0.3, -0.25) is 0 Å². The number of nitrogens with zero attached hydrogens (tertiary/aromatic N) is 3. The Bertz CT molecular complexity index is 526. The fourth-order valence-corrected chi connectivity index (χ4v) is 3.33. The fourth-order valence-electron chi connectivity index (χ4n) is 2.47. The molecule has 0 fully saturated rings. The first kappa shape index (κ1) is 10.3. The van der Waals surface area contributed by atoms with Gasteiger partial charge < -0.3 is 0 Å². The summed E-state index contributed by atoms with van der Waals surface area (Å²) >= 11 is 1.73. The fraction of sp³-hybridized carbons (Fsp3) is 0.667. The number of aryl methyl sites for hydroxylation is 2. The molecule has 4 heteroatoms. The van der Waals surface area contributed by atoms with Crippen molar-refractivity contribution in [2.24, 2.45) is 5.92 Å². The highest BCUT2D eigenvalue weighted by molar-refractivity contribution is 7.16. The van der Waals surface area contributed by atoms with Crippen LogP contribution in [-0.4, -0.2) is 14.6 Å². The van der Waals surface area contributed by atoms with Gasteiger partial charge in [-0.05, 0) is 25.2 Å². The van der Waals surface area contributed by atoms with Gasteiger partial charge in [0.25, 0.3) is 0 Å². The summed E-state index contributed by atoms with van der Waals surface area (Å²) in [5.74, 6) is 1.34. The van der Waals surface area contributed by atoms with Gasteiger partial charge in [0.05, 0.1) is 11.4 Å². The maximum Gasteiger partial charge on any atom is 0.212 e. The topological polar surface area (TPSA) is 30.2 Å². The van der Waals surface area contributed by atoms with E-state index in [1.165, 1.54) is 22.8 Å². The van der Waals surface area contributed by atoms with Crippen molar-refractivity contribution in [1.82, 2.24) is 14.6 Å². The molecule has 2 unspecified atom stereocenters. The second-order valence-electron chi connectivity index (χ2n) is 4.79. The summed E-state index contributed by atoms with van der Waals surface area (Å²) in [5, 5.41) is 5.83. The van der Waals surface area contributed by atoms with Crippen molar-refractivity contribution in [3.8, 4) is 0 Å². The molecule has 0 N–H and O–H groups in total. The molecule has 2 heterocycles. The van der Waals surface area contributed by atoms with Crippen molar-refractivity contribution in [2.45, 2.75) is 46.0 Å². The second-order valence-corrected chi connectivity index (χ2v) is 5.83. The van der Waals surface area contributed by atoms with E-state index in [1.807, 2.05) is 0 Å². The van der Waals surface area contributed by atoms with Crippen molar-refractivity contribution >= 4 is 16.3 Å². The van der Waals surface area contributed by atoms with Crippen LogP contribution in [0.25, 0.3) is 4.96 Å². The second kappa shape index (κ2) is 3.55. The Morgan fingerprint density at radius 3 is 3.00 bits per heavy atom. The van der Waals surface area contributed by atoms with E-state index in [9.17, 15) is 0 Å². The molecule has 1 aliphatic rings. The molecule has 0 saturated heterocycles. The highest BCUT2D eigenvalue weighted by Crippen LogP contribution is 2.36. The summed E-state index contributed by atoms with van der Waals surface area (Å²) < 4.78 is 2.08. The van der Waals surface area contributed by atoms with Crippen molar-refractivity contribution in [3.63, 3.8) is 0 Å². The van der Waals surface area contributed by atoms with Crippen LogP contribution in [0.3, 0.4) is 0 Å². The lowest BCUT2D eigenvalue weighted by Gasteiger charge is -2.24. The van der Waals surface area contributed by atoms with E-state index in [4.69, 9.17) is 4.98 Å². The molecule has 0 aromatic carbocycles. The van der Waals surface area contributed by atoms with Crippen LogP contribution in [0, 0.1) is 5.92 Å². The van der Waals surface area contributed by atoms with E-state index >= 15 is 0 Å². The lowest BCUT2D eigenvalue weighted by molar-refractivity contribution is 0.413. The monoisotopic (exact) mass is 235 g/mol. The van der Waals surface area contributed by atoms with E-state index in [2.05, 4.69) is 30.4 Å². The molecule has 0 aliphatic heterocycles. The van der Waals surface area contributed by atoms with Gasteiger partial charge in [-0.15, -0.1) is 0 Å². The Hall–Kier alpha value is -0.900. The zero-order chi connectivity index (χ0) is 11.3. The molecule has 0 amide bonds. The Morgan fingerprint density at radius 1 is 1.44 bits per heavy atom. The summed E-state index contributed by atoms with van der Waals surface area (Å²) in [6.45, 7) is 6.77. The average molecular weight is 235 g/mol. The minimum Gasteiger partial charge on any atom is -0.222 e. The molecular weight excluding hydrogens is 218 g/mol.